The van der Waals surface area contributed by atoms with Crippen molar-refractivity contribution in [3.63, 3.8) is 0 Å². The number of hydrogen-bond donors (Lipinski definition) is 0. The van der Waals surface area contributed by atoms with Crippen LogP contribution in [0.2, 0.25) is 0 Å². The van der Waals surface area contributed by atoms with Crippen molar-refractivity contribution in [3.05, 3.63) is 48.1 Å². The maximum atomic E-state index is 12.8. The predicted octanol–water partition coefficient (Wildman–Crippen LogP) is 2.40. The third-order valence-corrected chi connectivity index (χ3v) is 4.42. The van der Waals surface area contributed by atoms with Crippen LogP contribution in [0.5, 0.6) is 11.6 Å². The summed E-state index contributed by atoms with van der Waals surface area (Å²) in [7, 11) is 1.56. The highest BCUT2D eigenvalue weighted by Crippen LogP contribution is 2.29. The van der Waals surface area contributed by atoms with Gasteiger partial charge in [0.1, 0.15) is 12.2 Å². The van der Waals surface area contributed by atoms with Crippen LogP contribution in [0.15, 0.2) is 41.1 Å². The number of nitriles is 1. The summed E-state index contributed by atoms with van der Waals surface area (Å²) in [6.45, 7) is 0.911. The molecule has 1 aliphatic rings. The minimum Gasteiger partial charge on any atom is -0.493 e. The van der Waals surface area contributed by atoms with Gasteiger partial charge in [-0.15, -0.1) is 0 Å². The Morgan fingerprint density at radius 1 is 1.37 bits per heavy atom. The van der Waals surface area contributed by atoms with Gasteiger partial charge in [0.15, 0.2) is 17.1 Å². The number of hydrogen-bond acceptors (Lipinski definition) is 7. The van der Waals surface area contributed by atoms with Crippen molar-refractivity contribution in [2.75, 3.05) is 20.2 Å². The van der Waals surface area contributed by atoms with Crippen LogP contribution in [0.1, 0.15) is 22.7 Å². The smallest absolute Gasteiger partial charge is 0.289 e. The fourth-order valence-electron chi connectivity index (χ4n) is 3.11. The fourth-order valence-corrected chi connectivity index (χ4v) is 3.11. The molecular formula is C19H16N4O4. The third kappa shape index (κ3) is 3.15. The summed E-state index contributed by atoms with van der Waals surface area (Å²) in [5.74, 6) is 0.819. The summed E-state index contributed by atoms with van der Waals surface area (Å²) in [6, 6.07) is 9.16. The number of amides is 1. The molecule has 1 aliphatic heterocycles. The molecule has 3 aromatic rings. The van der Waals surface area contributed by atoms with Gasteiger partial charge in [-0.25, -0.2) is 9.97 Å². The van der Waals surface area contributed by atoms with Crippen LogP contribution in [-0.4, -0.2) is 47.1 Å². The van der Waals surface area contributed by atoms with Crippen LogP contribution >= 0.6 is 0 Å². The molecule has 1 atom stereocenters. The molecule has 0 radical (unpaired) electrons. The first-order chi connectivity index (χ1) is 13.2. The Balaban J connectivity index is 1.49. The number of likely N-dealkylation sites (tertiary alicyclic amines) is 1. The zero-order chi connectivity index (χ0) is 18.8. The molecule has 4 rings (SSSR count). The van der Waals surface area contributed by atoms with Gasteiger partial charge in [-0.1, -0.05) is 12.1 Å². The number of fused-ring (bicyclic) bond motifs is 1. The van der Waals surface area contributed by atoms with Crippen LogP contribution in [0.25, 0.3) is 11.0 Å². The number of benzene rings is 1. The number of nitrogens with zero attached hydrogens (tertiary/aromatic N) is 4. The van der Waals surface area contributed by atoms with E-state index in [1.165, 1.54) is 12.4 Å². The second-order valence-electron chi connectivity index (χ2n) is 6.09. The van der Waals surface area contributed by atoms with Gasteiger partial charge in [0, 0.05) is 30.7 Å². The van der Waals surface area contributed by atoms with E-state index < -0.39 is 0 Å². The highest BCUT2D eigenvalue weighted by molar-refractivity contribution is 5.97. The van der Waals surface area contributed by atoms with Gasteiger partial charge in [-0.3, -0.25) is 4.79 Å². The van der Waals surface area contributed by atoms with Crippen LogP contribution in [0.4, 0.5) is 0 Å². The van der Waals surface area contributed by atoms with Crippen molar-refractivity contribution in [3.8, 4) is 17.7 Å². The standard InChI is InChI=1S/C19H16N4O4/c1-25-15-4-2-3-12-9-16(27-17(12)15)19(24)23-8-5-13(11-23)26-18-14(10-20)21-6-7-22-18/h2-4,6-7,9,13H,5,8,11H2,1H3. The number of carbonyl (C=O) groups excluding carboxylic acids is 1. The van der Waals surface area contributed by atoms with E-state index in [1.807, 2.05) is 18.2 Å². The molecule has 27 heavy (non-hydrogen) atoms. The summed E-state index contributed by atoms with van der Waals surface area (Å²) < 4.78 is 16.8. The van der Waals surface area contributed by atoms with Gasteiger partial charge < -0.3 is 18.8 Å². The van der Waals surface area contributed by atoms with Crippen molar-refractivity contribution < 1.29 is 18.7 Å². The van der Waals surface area contributed by atoms with Crippen molar-refractivity contribution >= 4 is 16.9 Å². The van der Waals surface area contributed by atoms with Gasteiger partial charge in [0.25, 0.3) is 11.8 Å². The van der Waals surface area contributed by atoms with E-state index in [0.29, 0.717) is 30.8 Å². The van der Waals surface area contributed by atoms with Crippen LogP contribution < -0.4 is 9.47 Å². The second-order valence-corrected chi connectivity index (χ2v) is 6.09. The Labute approximate surface area is 154 Å². The normalized spacial score (nSPS) is 16.3. The molecule has 1 amide bonds. The Morgan fingerprint density at radius 3 is 3.04 bits per heavy atom. The fraction of sp³-hybridized carbons (Fsp3) is 0.263. The van der Waals surface area contributed by atoms with Crippen molar-refractivity contribution in [1.29, 1.82) is 5.26 Å². The number of methoxy groups -OCH3 is 1. The molecule has 1 fully saturated rings. The largest absolute Gasteiger partial charge is 0.493 e. The first kappa shape index (κ1) is 16.8. The number of para-hydroxylation sites is 1. The molecule has 1 unspecified atom stereocenters. The summed E-state index contributed by atoms with van der Waals surface area (Å²) in [5, 5.41) is 9.88. The highest BCUT2D eigenvalue weighted by atomic mass is 16.5. The number of ether oxygens (including phenoxy) is 2. The van der Waals surface area contributed by atoms with Gasteiger partial charge in [0.05, 0.1) is 13.7 Å². The number of carbonyl (C=O) groups is 1. The molecule has 3 heterocycles. The lowest BCUT2D eigenvalue weighted by Crippen LogP contribution is -2.30. The van der Waals surface area contributed by atoms with Gasteiger partial charge in [0.2, 0.25) is 5.69 Å². The monoisotopic (exact) mass is 364 g/mol. The van der Waals surface area contributed by atoms with E-state index in [1.54, 1.807) is 24.1 Å². The van der Waals surface area contributed by atoms with E-state index in [0.717, 1.165) is 5.39 Å². The number of rotatable bonds is 4. The molecule has 2 aromatic heterocycles. The molecule has 136 valence electrons. The zero-order valence-electron chi connectivity index (χ0n) is 14.6. The first-order valence-electron chi connectivity index (χ1n) is 8.43. The lowest BCUT2D eigenvalue weighted by Gasteiger charge is -2.15. The van der Waals surface area contributed by atoms with E-state index >= 15 is 0 Å². The Morgan fingerprint density at radius 2 is 2.22 bits per heavy atom. The van der Waals surface area contributed by atoms with E-state index in [4.69, 9.17) is 19.2 Å². The zero-order valence-corrected chi connectivity index (χ0v) is 14.6. The van der Waals surface area contributed by atoms with Gasteiger partial charge in [-0.2, -0.15) is 5.26 Å². The Hall–Kier alpha value is -3.60. The summed E-state index contributed by atoms with van der Waals surface area (Å²) in [5.41, 5.74) is 0.681. The predicted molar refractivity (Wildman–Crippen MR) is 94.4 cm³/mol. The van der Waals surface area contributed by atoms with Crippen molar-refractivity contribution in [1.82, 2.24) is 14.9 Å². The maximum absolute atomic E-state index is 12.8. The Kier molecular flexibility index (Phi) is 4.34. The van der Waals surface area contributed by atoms with Crippen molar-refractivity contribution in [2.24, 2.45) is 0 Å². The number of aromatic nitrogens is 2. The van der Waals surface area contributed by atoms with E-state index in [2.05, 4.69) is 9.97 Å². The molecule has 0 aliphatic carbocycles. The molecule has 0 N–H and O–H groups in total. The van der Waals surface area contributed by atoms with E-state index in [9.17, 15) is 4.79 Å². The maximum Gasteiger partial charge on any atom is 0.289 e. The molecular weight excluding hydrogens is 348 g/mol. The number of furan rings is 1. The first-order valence-corrected chi connectivity index (χ1v) is 8.43. The minimum absolute atomic E-state index is 0.131. The summed E-state index contributed by atoms with van der Waals surface area (Å²) >= 11 is 0. The molecule has 8 nitrogen and oxygen atoms in total. The minimum atomic E-state index is -0.253. The second kappa shape index (κ2) is 6.96. The van der Waals surface area contributed by atoms with Gasteiger partial charge in [-0.05, 0) is 12.1 Å². The summed E-state index contributed by atoms with van der Waals surface area (Å²) in [4.78, 5) is 22.4. The molecule has 0 spiro atoms. The topological polar surface area (TPSA) is 101 Å². The SMILES string of the molecule is COc1cccc2cc(C(=O)N3CCC(Oc4nccnc4C#N)C3)oc12. The molecule has 1 saturated heterocycles. The molecule has 0 bridgehead atoms. The third-order valence-electron chi connectivity index (χ3n) is 4.42. The quantitative estimate of drug-likeness (QED) is 0.700. The Bertz CT molecular complexity index is 1040. The van der Waals surface area contributed by atoms with Crippen LogP contribution in [0.3, 0.4) is 0 Å². The average Bonchev–Trinajstić information content (AvgIpc) is 3.34. The van der Waals surface area contributed by atoms with Crippen LogP contribution in [0, 0.1) is 11.3 Å². The van der Waals surface area contributed by atoms with Crippen molar-refractivity contribution in [2.45, 2.75) is 12.5 Å². The highest BCUT2D eigenvalue weighted by Gasteiger charge is 2.31. The molecule has 0 saturated carbocycles. The molecule has 1 aromatic carbocycles. The lowest BCUT2D eigenvalue weighted by atomic mass is 10.2. The average molecular weight is 364 g/mol. The van der Waals surface area contributed by atoms with Gasteiger partial charge >= 0.3 is 0 Å². The lowest BCUT2D eigenvalue weighted by molar-refractivity contribution is 0.0742. The van der Waals surface area contributed by atoms with Crippen LogP contribution in [-0.2, 0) is 0 Å². The van der Waals surface area contributed by atoms with E-state index in [-0.39, 0.29) is 29.3 Å². The summed E-state index contributed by atoms with van der Waals surface area (Å²) in [6.07, 6.45) is 3.29. The molecule has 8 heteroatoms.